The third-order valence-corrected chi connectivity index (χ3v) is 1.58. The number of piperidine rings is 1. The van der Waals surface area contributed by atoms with E-state index in [-0.39, 0.29) is 0 Å². The van der Waals surface area contributed by atoms with E-state index in [1.54, 1.807) is 0 Å². The summed E-state index contributed by atoms with van der Waals surface area (Å²) in [6.07, 6.45) is 4.28. The third-order valence-electron chi connectivity index (χ3n) is 1.58. The molecule has 0 amide bonds. The second-order valence-electron chi connectivity index (χ2n) is 2.63. The van der Waals surface area contributed by atoms with Crippen LogP contribution >= 0.6 is 22.6 Å². The molecule has 1 aliphatic heterocycles. The van der Waals surface area contributed by atoms with Crippen LogP contribution in [0.2, 0.25) is 0 Å². The van der Waals surface area contributed by atoms with Crippen molar-refractivity contribution in [1.82, 2.24) is 4.90 Å². The summed E-state index contributed by atoms with van der Waals surface area (Å²) < 4.78 is 1.22. The molecule has 62 valence electrons. The summed E-state index contributed by atoms with van der Waals surface area (Å²) in [4.78, 5) is 2.39. The van der Waals surface area contributed by atoms with Crippen molar-refractivity contribution in [2.75, 3.05) is 24.6 Å². The van der Waals surface area contributed by atoms with Crippen LogP contribution in [0, 0.1) is 0 Å². The van der Waals surface area contributed by atoms with Gasteiger partial charge in [-0.1, -0.05) is 35.9 Å². The molecule has 0 aromatic rings. The number of hydrogen-bond acceptors (Lipinski definition) is 1. The fraction of sp³-hybridized carbons (Fsp3) is 1.00. The lowest BCUT2D eigenvalue weighted by molar-refractivity contribution is 0.277. The normalized spacial score (nSPS) is 19.5. The molecule has 1 heterocycles. The first-order valence-electron chi connectivity index (χ1n) is 4.05. The van der Waals surface area contributed by atoms with Crippen LogP contribution in [0.25, 0.3) is 0 Å². The lowest BCUT2D eigenvalue weighted by Crippen LogP contribution is -2.24. The lowest BCUT2D eigenvalue weighted by Gasteiger charge is -2.20. The van der Waals surface area contributed by atoms with Crippen molar-refractivity contribution in [3.05, 3.63) is 0 Å². The highest BCUT2D eigenvalue weighted by atomic mass is 127. The van der Waals surface area contributed by atoms with E-state index < -0.39 is 0 Å². The number of hydrogen-bond donors (Lipinski definition) is 0. The Morgan fingerprint density at radius 3 is 1.80 bits per heavy atom. The zero-order chi connectivity index (χ0) is 7.82. The van der Waals surface area contributed by atoms with Crippen LogP contribution in [0.1, 0.15) is 26.2 Å². The van der Waals surface area contributed by atoms with Gasteiger partial charge in [0, 0.05) is 0 Å². The first-order chi connectivity index (χ1) is 4.81. The first kappa shape index (κ1) is 10.7. The predicted molar refractivity (Wildman–Crippen MR) is 55.9 cm³/mol. The molecule has 1 saturated heterocycles. The second-order valence-corrected chi connectivity index (χ2v) is 4.16. The van der Waals surface area contributed by atoms with Crippen LogP contribution in [0.15, 0.2) is 0 Å². The molecule has 1 aliphatic rings. The molecule has 0 atom stereocenters. The zero-order valence-electron chi connectivity index (χ0n) is 7.07. The number of halogens is 1. The van der Waals surface area contributed by atoms with E-state index in [1.165, 1.54) is 36.8 Å². The maximum Gasteiger partial charge on any atom is -0.00218 e. The molecule has 0 N–H and O–H groups in total. The van der Waals surface area contributed by atoms with E-state index in [0.29, 0.717) is 0 Å². The van der Waals surface area contributed by atoms with E-state index in [4.69, 9.17) is 0 Å². The van der Waals surface area contributed by atoms with E-state index in [0.717, 1.165) is 0 Å². The Bertz CT molecular complexity index is 60.3. The summed E-state index contributed by atoms with van der Waals surface area (Å²) in [7, 11) is 2.19. The lowest BCUT2D eigenvalue weighted by atomic mass is 10.1. The van der Waals surface area contributed by atoms with E-state index >= 15 is 0 Å². The van der Waals surface area contributed by atoms with Crippen LogP contribution in [0.3, 0.4) is 0 Å². The molecule has 0 unspecified atom stereocenters. The van der Waals surface area contributed by atoms with Crippen LogP contribution in [0.5, 0.6) is 0 Å². The summed E-state index contributed by atoms with van der Waals surface area (Å²) in [6, 6.07) is 0. The molecule has 0 spiro atoms. The van der Waals surface area contributed by atoms with Gasteiger partial charge in [-0.15, -0.1) is 0 Å². The molecule has 0 radical (unpaired) electrons. The highest BCUT2D eigenvalue weighted by molar-refractivity contribution is 14.1. The van der Waals surface area contributed by atoms with E-state index in [2.05, 4.69) is 41.5 Å². The van der Waals surface area contributed by atoms with Crippen LogP contribution in [0.4, 0.5) is 0 Å². The topological polar surface area (TPSA) is 3.24 Å². The summed E-state index contributed by atoms with van der Waals surface area (Å²) >= 11 is 2.29. The predicted octanol–water partition coefficient (Wildman–Crippen LogP) is 2.54. The highest BCUT2D eigenvalue weighted by Gasteiger charge is 2.02. The monoisotopic (exact) mass is 255 g/mol. The van der Waals surface area contributed by atoms with Gasteiger partial charge in [0.25, 0.3) is 0 Å². The van der Waals surface area contributed by atoms with Crippen molar-refractivity contribution in [2.45, 2.75) is 26.2 Å². The van der Waals surface area contributed by atoms with Crippen molar-refractivity contribution in [3.63, 3.8) is 0 Å². The molecule has 0 aromatic heterocycles. The maximum atomic E-state index is 2.39. The van der Waals surface area contributed by atoms with Crippen molar-refractivity contribution < 1.29 is 0 Å². The number of alkyl halides is 1. The molecule has 0 saturated carbocycles. The summed E-state index contributed by atoms with van der Waals surface area (Å²) in [5.41, 5.74) is 0. The molecular formula is C8H18IN. The summed E-state index contributed by atoms with van der Waals surface area (Å²) in [5.74, 6) is 0. The highest BCUT2D eigenvalue weighted by Crippen LogP contribution is 2.04. The van der Waals surface area contributed by atoms with Gasteiger partial charge in [0.1, 0.15) is 0 Å². The fourth-order valence-electron chi connectivity index (χ4n) is 1.05. The van der Waals surface area contributed by atoms with Gasteiger partial charge >= 0.3 is 0 Å². The Kier molecular flexibility index (Phi) is 8.33. The number of rotatable bonds is 0. The van der Waals surface area contributed by atoms with Crippen LogP contribution < -0.4 is 0 Å². The second kappa shape index (κ2) is 7.79. The van der Waals surface area contributed by atoms with Gasteiger partial charge in [-0.05, 0) is 37.4 Å². The van der Waals surface area contributed by atoms with Crippen LogP contribution in [-0.4, -0.2) is 29.5 Å². The molecule has 0 bridgehead atoms. The van der Waals surface area contributed by atoms with Crippen molar-refractivity contribution >= 4 is 22.6 Å². The minimum absolute atomic E-state index is 1.22. The molecule has 0 aromatic carbocycles. The van der Waals surface area contributed by atoms with Crippen molar-refractivity contribution in [3.8, 4) is 0 Å². The molecule has 2 heteroatoms. The smallest absolute Gasteiger partial charge is 0.00218 e. The minimum Gasteiger partial charge on any atom is -0.306 e. The van der Waals surface area contributed by atoms with Gasteiger partial charge in [-0.25, -0.2) is 0 Å². The molecule has 1 fully saturated rings. The Morgan fingerprint density at radius 2 is 1.60 bits per heavy atom. The molecule has 1 nitrogen and oxygen atoms in total. The van der Waals surface area contributed by atoms with Gasteiger partial charge < -0.3 is 4.90 Å². The number of nitrogens with zero attached hydrogens (tertiary/aromatic N) is 1. The quantitative estimate of drug-likeness (QED) is 0.475. The Balaban J connectivity index is 0.000000236. The van der Waals surface area contributed by atoms with Gasteiger partial charge in [0.15, 0.2) is 0 Å². The SMILES string of the molecule is CCI.CN1CCCCC1. The zero-order valence-corrected chi connectivity index (χ0v) is 9.23. The standard InChI is InChI=1S/C6H13N.C2H5I/c1-7-5-3-2-4-6-7;1-2-3/h2-6H2,1H3;2H2,1H3. The van der Waals surface area contributed by atoms with E-state index in [9.17, 15) is 0 Å². The molecule has 1 rings (SSSR count). The van der Waals surface area contributed by atoms with Gasteiger partial charge in [0.05, 0.1) is 0 Å². The Hall–Kier alpha value is 0.690. The minimum atomic E-state index is 1.22. The van der Waals surface area contributed by atoms with Crippen molar-refractivity contribution in [1.29, 1.82) is 0 Å². The maximum absolute atomic E-state index is 2.39. The van der Waals surface area contributed by atoms with Gasteiger partial charge in [0.2, 0.25) is 0 Å². The first-order valence-corrected chi connectivity index (χ1v) is 5.58. The molecular weight excluding hydrogens is 237 g/mol. The summed E-state index contributed by atoms with van der Waals surface area (Å²) in [6.45, 7) is 4.75. The van der Waals surface area contributed by atoms with Gasteiger partial charge in [-0.3, -0.25) is 0 Å². The molecule has 0 aliphatic carbocycles. The molecule has 10 heavy (non-hydrogen) atoms. The van der Waals surface area contributed by atoms with E-state index in [1.807, 2.05) is 0 Å². The third kappa shape index (κ3) is 6.81. The average molecular weight is 255 g/mol. The Morgan fingerprint density at radius 1 is 1.20 bits per heavy atom. The van der Waals surface area contributed by atoms with Crippen LogP contribution in [-0.2, 0) is 0 Å². The number of likely N-dealkylation sites (tertiary alicyclic amines) is 1. The Labute approximate surface area is 78.3 Å². The summed E-state index contributed by atoms with van der Waals surface area (Å²) in [5, 5.41) is 0. The fourth-order valence-corrected chi connectivity index (χ4v) is 1.05. The largest absolute Gasteiger partial charge is 0.306 e. The average Bonchev–Trinajstić information content (AvgIpc) is 1.91. The van der Waals surface area contributed by atoms with Crippen molar-refractivity contribution in [2.24, 2.45) is 0 Å². The van der Waals surface area contributed by atoms with Gasteiger partial charge in [-0.2, -0.15) is 0 Å².